The topological polar surface area (TPSA) is 35.5 Å². The normalized spacial score (nSPS) is 15.8. The van der Waals surface area contributed by atoms with Crippen LogP contribution >= 0.6 is 11.3 Å². The molecule has 4 heteroatoms. The molecule has 0 unspecified atom stereocenters. The van der Waals surface area contributed by atoms with Crippen molar-refractivity contribution in [2.75, 3.05) is 13.2 Å². The smallest absolute Gasteiger partial charge is 0.202 e. The van der Waals surface area contributed by atoms with E-state index < -0.39 is 0 Å². The third-order valence-electron chi connectivity index (χ3n) is 2.98. The Morgan fingerprint density at radius 1 is 1.21 bits per heavy atom. The fourth-order valence-corrected chi connectivity index (χ4v) is 3.02. The zero-order valence-electron chi connectivity index (χ0n) is 10.6. The highest BCUT2D eigenvalue weighted by molar-refractivity contribution is 7.14. The molecule has 1 aliphatic heterocycles. The molecule has 1 aromatic carbocycles. The van der Waals surface area contributed by atoms with Crippen LogP contribution in [0.4, 0.5) is 0 Å². The predicted molar refractivity (Wildman–Crippen MR) is 73.6 cm³/mol. The molecule has 1 aliphatic rings. The molecule has 98 valence electrons. The average molecular weight is 274 g/mol. The number of aryl methyl sites for hydroxylation is 1. The molecule has 0 amide bonds. The Labute approximate surface area is 115 Å². The van der Waals surface area contributed by atoms with E-state index >= 15 is 0 Å². The number of carbonyl (C=O) groups is 1. The molecular weight excluding hydrogens is 260 g/mol. The molecule has 0 atom stereocenters. The third-order valence-corrected chi connectivity index (χ3v) is 4.09. The van der Waals surface area contributed by atoms with Crippen molar-refractivity contribution in [2.45, 2.75) is 13.2 Å². The minimum atomic E-state index is -0.302. The quantitative estimate of drug-likeness (QED) is 0.805. The first-order chi connectivity index (χ1) is 9.24. The van der Waals surface area contributed by atoms with Gasteiger partial charge < -0.3 is 9.47 Å². The summed E-state index contributed by atoms with van der Waals surface area (Å²) in [7, 11) is 0. The Kier molecular flexibility index (Phi) is 3.46. The number of ether oxygens (including phenoxy) is 2. The van der Waals surface area contributed by atoms with E-state index in [4.69, 9.17) is 9.47 Å². The molecule has 0 spiro atoms. The van der Waals surface area contributed by atoms with Gasteiger partial charge in [-0.1, -0.05) is 23.8 Å². The van der Waals surface area contributed by atoms with E-state index in [1.165, 1.54) is 11.3 Å². The number of ketones is 1. The van der Waals surface area contributed by atoms with Crippen LogP contribution in [0.15, 0.2) is 36.4 Å². The largest absolute Gasteiger partial charge is 0.345 e. The number of hydrogen-bond donors (Lipinski definition) is 0. The van der Waals surface area contributed by atoms with E-state index in [1.54, 1.807) is 0 Å². The van der Waals surface area contributed by atoms with Crippen LogP contribution in [0.2, 0.25) is 0 Å². The van der Waals surface area contributed by atoms with Crippen LogP contribution in [0.5, 0.6) is 0 Å². The Morgan fingerprint density at radius 2 is 2.00 bits per heavy atom. The number of rotatable bonds is 3. The van der Waals surface area contributed by atoms with Crippen molar-refractivity contribution in [3.8, 4) is 0 Å². The van der Waals surface area contributed by atoms with Gasteiger partial charge in [0.25, 0.3) is 0 Å². The fraction of sp³-hybridized carbons (Fsp3) is 0.267. The fourth-order valence-electron chi connectivity index (χ4n) is 2.05. The third kappa shape index (κ3) is 2.61. The van der Waals surface area contributed by atoms with Crippen LogP contribution in [0.25, 0.3) is 0 Å². The van der Waals surface area contributed by atoms with Crippen molar-refractivity contribution in [1.29, 1.82) is 0 Å². The van der Waals surface area contributed by atoms with Gasteiger partial charge in [-0.05, 0) is 25.1 Å². The second-order valence-corrected chi connectivity index (χ2v) is 5.59. The highest BCUT2D eigenvalue weighted by Gasteiger charge is 2.21. The maximum atomic E-state index is 12.4. The first-order valence-corrected chi connectivity index (χ1v) is 7.00. The second kappa shape index (κ2) is 5.25. The Morgan fingerprint density at radius 3 is 2.74 bits per heavy atom. The van der Waals surface area contributed by atoms with Crippen LogP contribution in [0.1, 0.15) is 32.0 Å². The Hall–Kier alpha value is -1.49. The average Bonchev–Trinajstić information content (AvgIpc) is 3.08. The van der Waals surface area contributed by atoms with Crippen LogP contribution in [0.3, 0.4) is 0 Å². The molecule has 0 N–H and O–H groups in total. The predicted octanol–water partition coefficient (Wildman–Crippen LogP) is 3.33. The maximum Gasteiger partial charge on any atom is 0.202 e. The van der Waals surface area contributed by atoms with Crippen LogP contribution in [-0.4, -0.2) is 19.0 Å². The van der Waals surface area contributed by atoms with Crippen molar-refractivity contribution < 1.29 is 14.3 Å². The van der Waals surface area contributed by atoms with Crippen LogP contribution in [0, 0.1) is 6.92 Å². The van der Waals surface area contributed by atoms with Crippen LogP contribution in [-0.2, 0) is 9.47 Å². The standard InChI is InChI=1S/C15H14O3S/c1-10-3-2-4-11(9-10)14(16)12-5-6-13(19-12)15-17-7-8-18-15/h2-6,9,15H,7-8H2,1H3. The summed E-state index contributed by atoms with van der Waals surface area (Å²) < 4.78 is 10.9. The highest BCUT2D eigenvalue weighted by atomic mass is 32.1. The highest BCUT2D eigenvalue weighted by Crippen LogP contribution is 2.30. The number of thiophene rings is 1. The van der Waals surface area contributed by atoms with Gasteiger partial charge in [-0.2, -0.15) is 0 Å². The van der Waals surface area contributed by atoms with E-state index in [-0.39, 0.29) is 12.1 Å². The van der Waals surface area contributed by atoms with Gasteiger partial charge >= 0.3 is 0 Å². The lowest BCUT2D eigenvalue weighted by molar-refractivity contribution is -0.0413. The van der Waals surface area contributed by atoms with Gasteiger partial charge in [0.2, 0.25) is 5.78 Å². The summed E-state index contributed by atoms with van der Waals surface area (Å²) in [6, 6.07) is 11.4. The van der Waals surface area contributed by atoms with Gasteiger partial charge in [0, 0.05) is 5.56 Å². The minimum Gasteiger partial charge on any atom is -0.345 e. The summed E-state index contributed by atoms with van der Waals surface area (Å²) >= 11 is 1.44. The monoisotopic (exact) mass is 274 g/mol. The van der Waals surface area contributed by atoms with E-state index in [0.29, 0.717) is 13.2 Å². The molecule has 19 heavy (non-hydrogen) atoms. The Bertz CT molecular complexity index is 597. The van der Waals surface area contributed by atoms with Gasteiger partial charge in [-0.25, -0.2) is 0 Å². The first kappa shape index (κ1) is 12.5. The molecule has 3 rings (SSSR count). The van der Waals surface area contributed by atoms with Crippen LogP contribution < -0.4 is 0 Å². The van der Waals surface area contributed by atoms with Crippen molar-refractivity contribution >= 4 is 17.1 Å². The van der Waals surface area contributed by atoms with Crippen molar-refractivity contribution in [2.24, 2.45) is 0 Å². The number of benzene rings is 1. The van der Waals surface area contributed by atoms with Gasteiger partial charge in [0.1, 0.15) is 0 Å². The lowest BCUT2D eigenvalue weighted by Gasteiger charge is -2.04. The molecule has 2 aromatic rings. The summed E-state index contributed by atoms with van der Waals surface area (Å²) in [6.45, 7) is 3.21. The van der Waals surface area contributed by atoms with Gasteiger partial charge in [0.05, 0.1) is 23.0 Å². The molecule has 2 heterocycles. The molecule has 1 saturated heterocycles. The Balaban J connectivity index is 1.84. The zero-order chi connectivity index (χ0) is 13.2. The molecule has 1 fully saturated rings. The van der Waals surface area contributed by atoms with E-state index in [1.807, 2.05) is 43.3 Å². The van der Waals surface area contributed by atoms with Crippen molar-refractivity contribution in [1.82, 2.24) is 0 Å². The molecular formula is C15H14O3S. The number of carbonyl (C=O) groups excluding carboxylic acids is 1. The molecule has 0 aliphatic carbocycles. The van der Waals surface area contributed by atoms with E-state index in [0.717, 1.165) is 20.9 Å². The molecule has 0 bridgehead atoms. The lowest BCUT2D eigenvalue weighted by atomic mass is 10.1. The summed E-state index contributed by atoms with van der Waals surface area (Å²) in [6.07, 6.45) is -0.302. The zero-order valence-corrected chi connectivity index (χ0v) is 11.4. The minimum absolute atomic E-state index is 0.0537. The second-order valence-electron chi connectivity index (χ2n) is 4.47. The summed E-state index contributed by atoms with van der Waals surface area (Å²) in [5.41, 5.74) is 1.81. The molecule has 0 saturated carbocycles. The SMILES string of the molecule is Cc1cccc(C(=O)c2ccc(C3OCCO3)s2)c1. The van der Waals surface area contributed by atoms with Gasteiger partial charge in [-0.15, -0.1) is 11.3 Å². The van der Waals surface area contributed by atoms with E-state index in [9.17, 15) is 4.79 Å². The molecule has 0 radical (unpaired) electrons. The van der Waals surface area contributed by atoms with Crippen molar-refractivity contribution in [3.05, 3.63) is 57.3 Å². The van der Waals surface area contributed by atoms with E-state index in [2.05, 4.69) is 0 Å². The lowest BCUT2D eigenvalue weighted by Crippen LogP contribution is -1.98. The molecule has 1 aromatic heterocycles. The number of hydrogen-bond acceptors (Lipinski definition) is 4. The van der Waals surface area contributed by atoms with Gasteiger partial charge in [-0.3, -0.25) is 4.79 Å². The summed E-state index contributed by atoms with van der Waals surface area (Å²) in [5.74, 6) is 0.0537. The summed E-state index contributed by atoms with van der Waals surface area (Å²) in [4.78, 5) is 14.0. The maximum absolute atomic E-state index is 12.4. The van der Waals surface area contributed by atoms with Crippen molar-refractivity contribution in [3.63, 3.8) is 0 Å². The van der Waals surface area contributed by atoms with Gasteiger partial charge in [0.15, 0.2) is 6.29 Å². The summed E-state index contributed by atoms with van der Waals surface area (Å²) in [5, 5.41) is 0. The first-order valence-electron chi connectivity index (χ1n) is 6.18. The molecule has 3 nitrogen and oxygen atoms in total.